The highest BCUT2D eigenvalue weighted by atomic mass is 16.2. The third-order valence-corrected chi connectivity index (χ3v) is 26.2. The number of hydrogen-bond acceptors (Lipinski definition) is 28. The molecule has 732 valence electrons. The number of nitrogens with one attached hydrogen (secondary N) is 10. The number of fused-ring (bicyclic) bond motifs is 8. The van der Waals surface area contributed by atoms with Crippen molar-refractivity contribution in [2.24, 2.45) is 5.41 Å². The second kappa shape index (κ2) is 40.8. The van der Waals surface area contributed by atoms with E-state index in [-0.39, 0.29) is 17.2 Å². The first-order chi connectivity index (χ1) is 73.7. The summed E-state index contributed by atoms with van der Waals surface area (Å²) < 4.78 is 0. The number of amides is 2. The summed E-state index contributed by atoms with van der Waals surface area (Å²) in [5.41, 5.74) is 30.8. The first-order valence-electron chi connectivity index (χ1n) is 49.0. The number of carbonyl (C=O) groups is 2. The van der Waals surface area contributed by atoms with Gasteiger partial charge in [0.2, 0.25) is 5.91 Å². The lowest BCUT2D eigenvalue weighted by atomic mass is 9.92. The van der Waals surface area contributed by atoms with Crippen molar-refractivity contribution in [1.82, 2.24) is 170 Å². The van der Waals surface area contributed by atoms with Gasteiger partial charge in [0.05, 0.1) is 92.2 Å². The van der Waals surface area contributed by atoms with E-state index < -0.39 is 0 Å². The highest BCUT2D eigenvalue weighted by Crippen LogP contribution is 2.40. The molecule has 10 N–H and O–H groups in total. The van der Waals surface area contributed by atoms with Gasteiger partial charge in [-0.25, -0.2) is 39.9 Å². The van der Waals surface area contributed by atoms with E-state index >= 15 is 0 Å². The molecule has 0 saturated carbocycles. The van der Waals surface area contributed by atoms with Crippen LogP contribution in [-0.4, -0.2) is 208 Å². The number of aromatic amines is 8. The lowest BCUT2D eigenvalue weighted by Gasteiger charge is -2.26. The van der Waals surface area contributed by atoms with Gasteiger partial charge in [-0.2, -0.15) is 20.4 Å². The Balaban J connectivity index is 0.000000106. The standard InChI is InChI=1S/C29H19N9O.C28H25N9O.C28H25N9.C27H23N9/c39-29(17-5-2-1-3-6-17)34-21-9-19(12-31-14-21)20-10-22-26(37-38-27(22)33-13-20)28-35-24-16-32-15-23(25(24)36-28)18-7-4-8-30-11-18;1-28(2,3)9-23(38)33-19-7-17(11-30-13-19)18-8-20-25(36-37-26(20)32-12-18)27-34-22-15-31-14-21(24(22)35-27)16-5-4-6-29-10-16;1-2-7-37(8-3-1)17-18-9-20(13-30-11-18)21-10-22-26(35-36-27(22)32-14-21)28-33-24-16-31-15-23(25(24)34-28)19-5-4-6-29-12-19;1-2-7-36(6-1)16-17-8-19(12-29-10-17)20-9-21-25(34-35-26(21)31-13-20)27-32-23-15-30-14-22(24(23)33-27)18-4-3-5-28-11-18/h1-16H,(H,34,39)(H,35,36)(H,33,37,38);4-8,10-15H,9H2,1-3H3,(H,33,38)(H,34,35)(H,32,36,37);4-6,9-16H,1-3,7-8,17H2,(H,33,34)(H,32,35,36);3-5,8-15H,1-2,6-7,16H2,(H,32,33)(H,31,34,35). The number of carbonyl (C=O) groups excluding carboxylic acids is 2. The molecule has 2 fully saturated rings. The number of nitrogens with zero attached hydrogens (tertiary/aromatic N) is 26. The quantitative estimate of drug-likeness (QED) is 0.0339. The smallest absolute Gasteiger partial charge is 0.255 e. The van der Waals surface area contributed by atoms with Crippen molar-refractivity contribution >= 4 is 111 Å². The topological polar surface area (TPSA) is 500 Å². The molecule has 26 heterocycles. The average molecular weight is 1970 g/mol. The number of anilines is 2. The van der Waals surface area contributed by atoms with Crippen LogP contribution in [0.1, 0.15) is 80.8 Å². The lowest BCUT2D eigenvalue weighted by molar-refractivity contribution is -0.117. The molecule has 24 aromatic heterocycles. The molecular weight excluding hydrogens is 1880 g/mol. The Kier molecular flexibility index (Phi) is 25.2. The summed E-state index contributed by atoms with van der Waals surface area (Å²) in [6.07, 6.45) is 57.0. The summed E-state index contributed by atoms with van der Waals surface area (Å²) >= 11 is 0. The number of pyridine rings is 16. The minimum atomic E-state index is -0.203. The number of aromatic nitrogens is 32. The molecule has 2 saturated heterocycles. The number of hydrogen-bond donors (Lipinski definition) is 10. The summed E-state index contributed by atoms with van der Waals surface area (Å²) in [4.78, 5) is 134. The van der Waals surface area contributed by atoms with Crippen LogP contribution in [0.2, 0.25) is 0 Å². The average Bonchev–Trinajstić information content (AvgIpc) is 1.62. The van der Waals surface area contributed by atoms with E-state index in [1.54, 1.807) is 124 Å². The molecule has 0 aliphatic carbocycles. The number of rotatable bonds is 20. The van der Waals surface area contributed by atoms with Crippen LogP contribution >= 0.6 is 0 Å². The molecule has 0 bridgehead atoms. The minimum Gasteiger partial charge on any atom is -0.335 e. The predicted octanol–water partition coefficient (Wildman–Crippen LogP) is 20.3. The number of likely N-dealkylation sites (tertiary alicyclic amines) is 2. The summed E-state index contributed by atoms with van der Waals surface area (Å²) in [7, 11) is 0. The molecule has 25 aromatic rings. The van der Waals surface area contributed by atoms with E-state index in [0.29, 0.717) is 80.6 Å². The maximum absolute atomic E-state index is 12.6. The molecule has 0 atom stereocenters. The lowest BCUT2D eigenvalue weighted by Crippen LogP contribution is -2.29. The van der Waals surface area contributed by atoms with Crippen LogP contribution < -0.4 is 10.6 Å². The van der Waals surface area contributed by atoms with Gasteiger partial charge in [-0.1, -0.05) is 69.7 Å². The minimum absolute atomic E-state index is 0.0489. The summed E-state index contributed by atoms with van der Waals surface area (Å²) in [6, 6.07) is 41.0. The van der Waals surface area contributed by atoms with E-state index in [2.05, 4.69) is 185 Å². The first-order valence-corrected chi connectivity index (χ1v) is 49.0. The Morgan fingerprint density at radius 1 is 0.313 bits per heavy atom. The Hall–Kier alpha value is -19.8. The Bertz CT molecular complexity index is 9250. The van der Waals surface area contributed by atoms with Gasteiger partial charge in [-0.3, -0.25) is 99.6 Å². The molecule has 27 rings (SSSR count). The van der Waals surface area contributed by atoms with Gasteiger partial charge in [0.1, 0.15) is 44.8 Å². The zero-order chi connectivity index (χ0) is 101. The van der Waals surface area contributed by atoms with E-state index in [4.69, 9.17) is 19.9 Å². The zero-order valence-corrected chi connectivity index (χ0v) is 81.2. The number of imidazole rings is 4. The fraction of sp³-hybridized carbons (Fsp3) is 0.143. The van der Waals surface area contributed by atoms with E-state index in [0.717, 1.165) is 205 Å². The maximum atomic E-state index is 12.6. The van der Waals surface area contributed by atoms with Crippen molar-refractivity contribution in [2.45, 2.75) is 72.4 Å². The van der Waals surface area contributed by atoms with Crippen LogP contribution in [0.25, 0.3) is 223 Å². The normalized spacial score (nSPS) is 12.9. The molecule has 2 aliphatic rings. The van der Waals surface area contributed by atoms with Crippen LogP contribution in [0.5, 0.6) is 0 Å². The Morgan fingerprint density at radius 3 is 1.06 bits per heavy atom. The highest BCUT2D eigenvalue weighted by molar-refractivity contribution is 6.06. The second-order valence-electron chi connectivity index (χ2n) is 37.9. The number of piperidine rings is 1. The van der Waals surface area contributed by atoms with E-state index in [1.165, 1.54) is 43.2 Å². The van der Waals surface area contributed by atoms with Gasteiger partial charge < -0.3 is 30.6 Å². The largest absolute Gasteiger partial charge is 0.335 e. The van der Waals surface area contributed by atoms with Crippen molar-refractivity contribution in [3.63, 3.8) is 0 Å². The molecule has 150 heavy (non-hydrogen) atoms. The molecular formula is C112H92N36O2. The SMILES string of the molecule is CC(C)(C)CC(=O)Nc1cncc(-c2cnc3n[nH]c(-c4nc5c(-c6cccnc6)cncc5[nH]4)c3c2)c1.O=C(Nc1cncc(-c2cnc3[nH]nc(-c4nc5c(-c6cccnc6)cncc5[nH]4)c3c2)c1)c1ccccc1.c1cncc(-c2cncc3[nH]c(-c4[nH]nc5ncc(-c6cncc(CN7CCCC7)c6)cc45)nc23)c1.c1cncc(-c2cncc3[nH]c(-c4[nH]nc5ncc(-c6cncc(CN7CCCCC7)c6)cc45)nc23)c1. The summed E-state index contributed by atoms with van der Waals surface area (Å²) in [5, 5.41) is 39.3. The fourth-order valence-electron chi connectivity index (χ4n) is 18.9. The van der Waals surface area contributed by atoms with Gasteiger partial charge in [-0.05, 0) is 153 Å². The van der Waals surface area contributed by atoms with Crippen LogP contribution in [0.15, 0.2) is 301 Å². The van der Waals surface area contributed by atoms with Gasteiger partial charge in [0, 0.05) is 250 Å². The molecule has 0 unspecified atom stereocenters. The van der Waals surface area contributed by atoms with Crippen molar-refractivity contribution < 1.29 is 9.59 Å². The summed E-state index contributed by atoms with van der Waals surface area (Å²) in [6.45, 7) is 12.6. The number of H-pyrrole nitrogens is 8. The maximum Gasteiger partial charge on any atom is 0.255 e. The van der Waals surface area contributed by atoms with Crippen LogP contribution in [0.4, 0.5) is 11.4 Å². The van der Waals surface area contributed by atoms with Crippen molar-refractivity contribution in [1.29, 1.82) is 0 Å². The Labute approximate surface area is 853 Å². The summed E-state index contributed by atoms with van der Waals surface area (Å²) in [5.74, 6) is 2.34. The fourth-order valence-corrected chi connectivity index (χ4v) is 18.9. The predicted molar refractivity (Wildman–Crippen MR) is 574 cm³/mol. The molecule has 2 amide bonds. The molecule has 0 radical (unpaired) electrons. The van der Waals surface area contributed by atoms with Gasteiger partial charge in [-0.15, -0.1) is 0 Å². The third-order valence-electron chi connectivity index (χ3n) is 26.2. The van der Waals surface area contributed by atoms with Gasteiger partial charge in [0.15, 0.2) is 45.9 Å². The highest BCUT2D eigenvalue weighted by Gasteiger charge is 2.26. The first kappa shape index (κ1) is 92.6. The molecule has 1 aromatic carbocycles. The molecule has 0 spiro atoms. The van der Waals surface area contributed by atoms with Crippen LogP contribution in [0.3, 0.4) is 0 Å². The van der Waals surface area contributed by atoms with E-state index in [9.17, 15) is 9.59 Å². The molecule has 38 nitrogen and oxygen atoms in total. The van der Waals surface area contributed by atoms with Crippen molar-refractivity contribution in [3.05, 3.63) is 318 Å². The number of benzene rings is 1. The molecule has 2 aliphatic heterocycles. The third kappa shape index (κ3) is 19.7. The second-order valence-corrected chi connectivity index (χ2v) is 37.9. The zero-order valence-electron chi connectivity index (χ0n) is 81.2. The van der Waals surface area contributed by atoms with Crippen LogP contribution in [0, 0.1) is 5.41 Å². The van der Waals surface area contributed by atoms with Gasteiger partial charge >= 0.3 is 0 Å². The van der Waals surface area contributed by atoms with E-state index in [1.807, 2.05) is 174 Å². The van der Waals surface area contributed by atoms with Crippen LogP contribution in [-0.2, 0) is 17.9 Å². The van der Waals surface area contributed by atoms with Gasteiger partial charge in [0.25, 0.3) is 5.91 Å². The monoisotopic (exact) mass is 1970 g/mol. The van der Waals surface area contributed by atoms with Crippen molar-refractivity contribution in [2.75, 3.05) is 36.8 Å². The Morgan fingerprint density at radius 2 is 0.660 bits per heavy atom. The van der Waals surface area contributed by atoms with Crippen molar-refractivity contribution in [3.8, 4) is 135 Å². The molecule has 38 heteroatoms.